The highest BCUT2D eigenvalue weighted by Gasteiger charge is 2.25. The van der Waals surface area contributed by atoms with Crippen molar-refractivity contribution in [1.29, 1.82) is 0 Å². The lowest BCUT2D eigenvalue weighted by molar-refractivity contribution is 0.0526. The number of esters is 1. The summed E-state index contributed by atoms with van der Waals surface area (Å²) in [6.07, 6.45) is 3.98. The van der Waals surface area contributed by atoms with E-state index in [2.05, 4.69) is 15.5 Å². The van der Waals surface area contributed by atoms with Crippen LogP contribution in [0.4, 0.5) is 10.5 Å². The Hall–Kier alpha value is -2.80. The van der Waals surface area contributed by atoms with E-state index in [1.807, 2.05) is 12.1 Å². The number of nitrogens with one attached hydrogen (secondary N) is 2. The summed E-state index contributed by atoms with van der Waals surface area (Å²) >= 11 is 0. The molecule has 2 N–H and O–H groups in total. The van der Waals surface area contributed by atoms with Crippen LogP contribution in [-0.4, -0.2) is 43.1 Å². The maximum atomic E-state index is 12.3. The minimum Gasteiger partial charge on any atom is -0.468 e. The van der Waals surface area contributed by atoms with Crippen LogP contribution in [0, 0.1) is 0 Å². The predicted octanol–water partition coefficient (Wildman–Crippen LogP) is 3.41. The van der Waals surface area contributed by atoms with Crippen LogP contribution in [0.2, 0.25) is 0 Å². The van der Waals surface area contributed by atoms with Gasteiger partial charge in [0.2, 0.25) is 0 Å². The number of rotatable bonds is 7. The van der Waals surface area contributed by atoms with Gasteiger partial charge < -0.3 is 19.8 Å². The summed E-state index contributed by atoms with van der Waals surface area (Å²) in [6, 6.07) is 10.1. The van der Waals surface area contributed by atoms with Gasteiger partial charge in [0.05, 0.1) is 24.5 Å². The summed E-state index contributed by atoms with van der Waals surface area (Å²) < 4.78 is 10.5. The Morgan fingerprint density at radius 2 is 1.93 bits per heavy atom. The van der Waals surface area contributed by atoms with Crippen LogP contribution in [0.3, 0.4) is 0 Å². The molecule has 0 spiro atoms. The largest absolute Gasteiger partial charge is 0.468 e. The number of benzene rings is 1. The monoisotopic (exact) mass is 371 g/mol. The van der Waals surface area contributed by atoms with Gasteiger partial charge in [-0.3, -0.25) is 4.90 Å². The third-order valence-corrected chi connectivity index (χ3v) is 4.56. The Morgan fingerprint density at radius 1 is 1.19 bits per heavy atom. The fraction of sp³-hybridized carbons (Fsp3) is 0.400. The molecule has 1 aromatic carbocycles. The van der Waals surface area contributed by atoms with Crippen LogP contribution in [0.15, 0.2) is 47.1 Å². The third-order valence-electron chi connectivity index (χ3n) is 4.56. The summed E-state index contributed by atoms with van der Waals surface area (Å²) in [4.78, 5) is 26.2. The summed E-state index contributed by atoms with van der Waals surface area (Å²) in [7, 11) is 0. The maximum Gasteiger partial charge on any atom is 0.338 e. The quantitative estimate of drug-likeness (QED) is 0.729. The number of hydrogen-bond acceptors (Lipinski definition) is 5. The molecule has 1 atom stereocenters. The summed E-state index contributed by atoms with van der Waals surface area (Å²) in [5, 5.41) is 5.69. The molecule has 0 aliphatic carbocycles. The number of carbonyl (C=O) groups is 2. The number of anilines is 1. The van der Waals surface area contributed by atoms with Crippen LogP contribution >= 0.6 is 0 Å². The van der Waals surface area contributed by atoms with Crippen LogP contribution in [0.5, 0.6) is 0 Å². The van der Waals surface area contributed by atoms with Crippen molar-refractivity contribution < 1.29 is 18.7 Å². The van der Waals surface area contributed by atoms with Gasteiger partial charge in [-0.1, -0.05) is 0 Å². The van der Waals surface area contributed by atoms with Gasteiger partial charge in [0.25, 0.3) is 0 Å². The summed E-state index contributed by atoms with van der Waals surface area (Å²) in [5.41, 5.74) is 1.06. The van der Waals surface area contributed by atoms with E-state index in [-0.39, 0.29) is 18.0 Å². The number of urea groups is 1. The predicted molar refractivity (Wildman–Crippen MR) is 102 cm³/mol. The van der Waals surface area contributed by atoms with E-state index in [0.717, 1.165) is 31.7 Å². The first kappa shape index (κ1) is 19.0. The van der Waals surface area contributed by atoms with Gasteiger partial charge in [0, 0.05) is 12.2 Å². The highest BCUT2D eigenvalue weighted by atomic mass is 16.5. The van der Waals surface area contributed by atoms with E-state index < -0.39 is 0 Å². The number of amides is 2. The van der Waals surface area contributed by atoms with Gasteiger partial charge in [-0.2, -0.15) is 0 Å². The normalized spacial score (nSPS) is 15.3. The molecule has 7 heteroatoms. The number of hydrogen-bond donors (Lipinski definition) is 2. The first-order valence-corrected chi connectivity index (χ1v) is 9.27. The molecule has 7 nitrogen and oxygen atoms in total. The zero-order chi connectivity index (χ0) is 19.1. The smallest absolute Gasteiger partial charge is 0.338 e. The van der Waals surface area contributed by atoms with Crippen molar-refractivity contribution in [2.45, 2.75) is 25.8 Å². The molecule has 0 saturated carbocycles. The molecule has 1 aromatic heterocycles. The lowest BCUT2D eigenvalue weighted by Gasteiger charge is -2.26. The molecule has 2 amide bonds. The molecule has 1 saturated heterocycles. The zero-order valence-corrected chi connectivity index (χ0v) is 15.4. The van der Waals surface area contributed by atoms with E-state index in [0.29, 0.717) is 24.4 Å². The van der Waals surface area contributed by atoms with Gasteiger partial charge in [0.1, 0.15) is 5.76 Å². The Morgan fingerprint density at radius 3 is 2.56 bits per heavy atom. The minimum absolute atomic E-state index is 0.0273. The minimum atomic E-state index is -0.375. The molecule has 144 valence electrons. The number of nitrogens with zero attached hydrogens (tertiary/aromatic N) is 1. The Labute approximate surface area is 158 Å². The molecule has 27 heavy (non-hydrogen) atoms. The van der Waals surface area contributed by atoms with Gasteiger partial charge in [-0.05, 0) is 69.3 Å². The number of carbonyl (C=O) groups excluding carboxylic acids is 2. The van der Waals surface area contributed by atoms with Crippen molar-refractivity contribution >= 4 is 17.7 Å². The summed E-state index contributed by atoms with van der Waals surface area (Å²) in [5.74, 6) is 0.483. The second-order valence-corrected chi connectivity index (χ2v) is 6.41. The van der Waals surface area contributed by atoms with Crippen LogP contribution in [0.25, 0.3) is 0 Å². The Bertz CT molecular complexity index is 737. The molecule has 1 fully saturated rings. The number of likely N-dealkylation sites (tertiary alicyclic amines) is 1. The molecule has 2 aromatic rings. The van der Waals surface area contributed by atoms with Crippen LogP contribution in [-0.2, 0) is 4.74 Å². The van der Waals surface area contributed by atoms with Crippen molar-refractivity contribution in [2.75, 3.05) is 31.6 Å². The lowest BCUT2D eigenvalue weighted by atomic mass is 10.2. The van der Waals surface area contributed by atoms with E-state index in [1.165, 1.54) is 0 Å². The topological polar surface area (TPSA) is 83.8 Å². The van der Waals surface area contributed by atoms with Crippen LogP contribution < -0.4 is 10.6 Å². The SMILES string of the molecule is CCOC(=O)c1ccc(NC(=O)NC[C@@H](c2ccco2)N2CCCC2)cc1. The number of furan rings is 1. The second-order valence-electron chi connectivity index (χ2n) is 6.41. The lowest BCUT2D eigenvalue weighted by Crippen LogP contribution is -2.38. The van der Waals surface area contributed by atoms with E-state index in [4.69, 9.17) is 9.15 Å². The molecule has 2 heterocycles. The fourth-order valence-electron chi connectivity index (χ4n) is 3.21. The van der Waals surface area contributed by atoms with E-state index in [9.17, 15) is 9.59 Å². The van der Waals surface area contributed by atoms with Crippen molar-refractivity contribution in [1.82, 2.24) is 10.2 Å². The molecule has 0 unspecified atom stereocenters. The van der Waals surface area contributed by atoms with Crippen molar-refractivity contribution in [3.63, 3.8) is 0 Å². The average molecular weight is 371 g/mol. The maximum absolute atomic E-state index is 12.3. The fourth-order valence-corrected chi connectivity index (χ4v) is 3.21. The summed E-state index contributed by atoms with van der Waals surface area (Å²) in [6.45, 7) is 4.56. The second kappa shape index (κ2) is 9.23. The standard InChI is InChI=1S/C20H25N3O4/c1-2-26-19(24)15-7-9-16(10-8-15)22-20(25)21-14-17(18-6-5-13-27-18)23-11-3-4-12-23/h5-10,13,17H,2-4,11-12,14H2,1H3,(H2,21,22,25)/t17-/m0/s1. The third kappa shape index (κ3) is 5.10. The molecule has 0 radical (unpaired) electrons. The van der Waals surface area contributed by atoms with E-state index >= 15 is 0 Å². The molecule has 0 bridgehead atoms. The van der Waals surface area contributed by atoms with Crippen LogP contribution in [0.1, 0.15) is 41.9 Å². The van der Waals surface area contributed by atoms with E-state index in [1.54, 1.807) is 37.5 Å². The molecule has 1 aliphatic heterocycles. The molecule has 1 aliphatic rings. The average Bonchev–Trinajstić information content (AvgIpc) is 3.37. The molecule has 3 rings (SSSR count). The first-order chi connectivity index (χ1) is 13.2. The first-order valence-electron chi connectivity index (χ1n) is 9.27. The Kier molecular flexibility index (Phi) is 6.49. The number of ether oxygens (including phenoxy) is 1. The van der Waals surface area contributed by atoms with Crippen molar-refractivity contribution in [3.05, 3.63) is 54.0 Å². The van der Waals surface area contributed by atoms with Gasteiger partial charge >= 0.3 is 12.0 Å². The molecular formula is C20H25N3O4. The van der Waals surface area contributed by atoms with Crippen molar-refractivity contribution in [2.24, 2.45) is 0 Å². The molecular weight excluding hydrogens is 346 g/mol. The Balaban J connectivity index is 1.54. The van der Waals surface area contributed by atoms with Crippen molar-refractivity contribution in [3.8, 4) is 0 Å². The van der Waals surface area contributed by atoms with Gasteiger partial charge in [0.15, 0.2) is 0 Å². The highest BCUT2D eigenvalue weighted by Crippen LogP contribution is 2.24. The zero-order valence-electron chi connectivity index (χ0n) is 15.4. The van der Waals surface area contributed by atoms with Gasteiger partial charge in [-0.25, -0.2) is 9.59 Å². The highest BCUT2D eigenvalue weighted by molar-refractivity contribution is 5.92. The van der Waals surface area contributed by atoms with Gasteiger partial charge in [-0.15, -0.1) is 0 Å².